The minimum atomic E-state index is -0.366. The number of aliphatic hydroxyl groups excluding tert-OH is 1. The summed E-state index contributed by atoms with van der Waals surface area (Å²) in [5, 5.41) is 18.1. The number of nitrogens with one attached hydrogen (secondary N) is 1. The van der Waals surface area contributed by atoms with E-state index < -0.39 is 0 Å². The predicted octanol–water partition coefficient (Wildman–Crippen LogP) is 2.82. The molecule has 1 aliphatic carbocycles. The number of fused-ring (bicyclic) bond motifs is 1. The van der Waals surface area contributed by atoms with Gasteiger partial charge in [0.05, 0.1) is 36.8 Å². The Labute approximate surface area is 272 Å². The van der Waals surface area contributed by atoms with Gasteiger partial charge < -0.3 is 29.5 Å². The van der Waals surface area contributed by atoms with Crippen LogP contribution in [0.25, 0.3) is 11.3 Å². The van der Waals surface area contributed by atoms with Gasteiger partial charge in [-0.25, -0.2) is 14.6 Å². The highest BCUT2D eigenvalue weighted by Gasteiger charge is 2.32. The van der Waals surface area contributed by atoms with E-state index in [4.69, 9.17) is 4.74 Å². The number of aldehydes is 1. The third kappa shape index (κ3) is 6.54. The lowest BCUT2D eigenvalue weighted by molar-refractivity contribution is 0.0302. The van der Waals surface area contributed by atoms with E-state index in [-0.39, 0.29) is 29.2 Å². The first-order valence-electron chi connectivity index (χ1n) is 15.7. The van der Waals surface area contributed by atoms with Crippen molar-refractivity contribution >= 4 is 29.5 Å². The number of aliphatic hydroxyl groups is 1. The molecule has 2 N–H and O–H groups in total. The van der Waals surface area contributed by atoms with Crippen LogP contribution in [-0.4, -0.2) is 86.4 Å². The Kier molecular flexibility index (Phi) is 8.93. The molecule has 0 radical (unpaired) electrons. The lowest BCUT2D eigenvalue weighted by Crippen LogP contribution is -2.40. The Morgan fingerprint density at radius 2 is 1.94 bits per heavy atom. The number of anilines is 3. The molecule has 5 heterocycles. The smallest absolute Gasteiger partial charge is 0.290 e. The molecule has 13 heteroatoms. The number of aryl methyl sites for hydroxylation is 1. The molecule has 0 aromatic carbocycles. The summed E-state index contributed by atoms with van der Waals surface area (Å²) in [6.45, 7) is 7.40. The normalized spacial score (nSPS) is 15.4. The molecule has 1 saturated heterocycles. The summed E-state index contributed by atoms with van der Waals surface area (Å²) in [4.78, 5) is 50.4. The maximum absolute atomic E-state index is 13.1. The van der Waals surface area contributed by atoms with Gasteiger partial charge in [-0.05, 0) is 54.2 Å². The van der Waals surface area contributed by atoms with Crippen LogP contribution < -0.4 is 15.8 Å². The molecular formula is C34H40N8O5. The van der Waals surface area contributed by atoms with Crippen molar-refractivity contribution in [3.63, 3.8) is 0 Å². The van der Waals surface area contributed by atoms with Gasteiger partial charge in [0, 0.05) is 69.5 Å². The number of rotatable bonds is 10. The highest BCUT2D eigenvalue weighted by atomic mass is 16.5. The first-order valence-corrected chi connectivity index (χ1v) is 15.7. The molecule has 0 unspecified atom stereocenters. The quantitative estimate of drug-likeness (QED) is 0.248. The number of carbonyl (C=O) groups is 2. The fourth-order valence-electron chi connectivity index (χ4n) is 6.50. The number of morpholine rings is 1. The van der Waals surface area contributed by atoms with Crippen LogP contribution in [0, 0.1) is 5.41 Å². The molecular weight excluding hydrogens is 600 g/mol. The van der Waals surface area contributed by atoms with Crippen molar-refractivity contribution in [1.29, 1.82) is 0 Å². The van der Waals surface area contributed by atoms with Gasteiger partial charge in [0.25, 0.3) is 11.5 Å². The minimum Gasteiger partial charge on any atom is -0.392 e. The van der Waals surface area contributed by atoms with Gasteiger partial charge in [-0.2, -0.15) is 5.10 Å². The van der Waals surface area contributed by atoms with E-state index in [9.17, 15) is 19.5 Å². The Balaban J connectivity index is 1.23. The van der Waals surface area contributed by atoms with Crippen molar-refractivity contribution in [2.24, 2.45) is 12.5 Å². The predicted molar refractivity (Wildman–Crippen MR) is 177 cm³/mol. The maximum atomic E-state index is 13.1. The summed E-state index contributed by atoms with van der Waals surface area (Å²) in [6.07, 6.45) is 5.91. The minimum absolute atomic E-state index is 0.116. The maximum Gasteiger partial charge on any atom is 0.290 e. The number of likely N-dealkylation sites (N-methyl/N-ethyl adjacent to an activating group) is 1. The van der Waals surface area contributed by atoms with Crippen LogP contribution in [0.5, 0.6) is 0 Å². The van der Waals surface area contributed by atoms with Gasteiger partial charge in [0.2, 0.25) is 0 Å². The lowest BCUT2D eigenvalue weighted by atomic mass is 9.90. The molecule has 0 saturated carbocycles. The molecule has 0 atom stereocenters. The zero-order chi connectivity index (χ0) is 33.3. The van der Waals surface area contributed by atoms with Crippen LogP contribution in [0.4, 0.5) is 17.3 Å². The Morgan fingerprint density at radius 3 is 2.64 bits per heavy atom. The third-order valence-corrected chi connectivity index (χ3v) is 8.89. The summed E-state index contributed by atoms with van der Waals surface area (Å²) in [5.41, 5.74) is 5.24. The van der Waals surface area contributed by atoms with Gasteiger partial charge in [0.1, 0.15) is 17.3 Å². The average molecular weight is 641 g/mol. The summed E-state index contributed by atoms with van der Waals surface area (Å²) >= 11 is 0. The molecule has 0 bridgehead atoms. The number of hydrogen-bond donors (Lipinski definition) is 2. The van der Waals surface area contributed by atoms with E-state index >= 15 is 0 Å². The summed E-state index contributed by atoms with van der Waals surface area (Å²) in [7, 11) is 3.46. The standard InChI is InChI=1S/C34H40N8O5/c1-34(2)17-23-15-24(20-43)42(29(23)18-34)10-9-39(3)31-26(21-44)25(7-8-35-31)27-16-28(33(46)40(4)38-27)37-30-6-5-22(19-36-30)32(45)41-11-13-47-14-12-41/h5-8,15-16,19-20,44H,9-14,17-18,21H2,1-4H3,(H,36,37). The largest absolute Gasteiger partial charge is 0.392 e. The first kappa shape index (κ1) is 32.1. The number of pyridine rings is 2. The summed E-state index contributed by atoms with van der Waals surface area (Å²) in [5.74, 6) is 0.855. The van der Waals surface area contributed by atoms with Crippen LogP contribution in [0.15, 0.2) is 47.5 Å². The second-order valence-electron chi connectivity index (χ2n) is 12.9. The van der Waals surface area contributed by atoms with Crippen molar-refractivity contribution in [2.75, 3.05) is 50.1 Å². The van der Waals surface area contributed by atoms with Crippen LogP contribution in [-0.2, 0) is 37.8 Å². The molecule has 1 amide bonds. The Bertz CT molecular complexity index is 1860. The van der Waals surface area contributed by atoms with E-state index in [0.29, 0.717) is 79.1 Å². The number of carbonyl (C=O) groups excluding carboxylic acids is 2. The number of amides is 1. The zero-order valence-corrected chi connectivity index (χ0v) is 27.2. The van der Waals surface area contributed by atoms with E-state index in [0.717, 1.165) is 19.1 Å². The third-order valence-electron chi connectivity index (χ3n) is 8.89. The van der Waals surface area contributed by atoms with Gasteiger partial charge in [-0.3, -0.25) is 14.4 Å². The Hall–Kier alpha value is -4.88. The first-order chi connectivity index (χ1) is 22.6. The lowest BCUT2D eigenvalue weighted by Gasteiger charge is -2.26. The fourth-order valence-corrected chi connectivity index (χ4v) is 6.50. The van der Waals surface area contributed by atoms with Crippen molar-refractivity contribution in [3.8, 4) is 11.3 Å². The number of aromatic nitrogens is 5. The van der Waals surface area contributed by atoms with Crippen molar-refractivity contribution < 1.29 is 19.4 Å². The molecule has 2 aliphatic rings. The van der Waals surface area contributed by atoms with Crippen molar-refractivity contribution in [3.05, 3.63) is 81.2 Å². The van der Waals surface area contributed by atoms with Crippen molar-refractivity contribution in [1.82, 2.24) is 29.2 Å². The highest BCUT2D eigenvalue weighted by molar-refractivity contribution is 5.94. The average Bonchev–Trinajstić information content (AvgIpc) is 3.56. The fraction of sp³-hybridized carbons (Fsp3) is 0.412. The zero-order valence-electron chi connectivity index (χ0n) is 27.2. The van der Waals surface area contributed by atoms with E-state index in [1.165, 1.54) is 22.1 Å². The van der Waals surface area contributed by atoms with Crippen LogP contribution >= 0.6 is 0 Å². The molecule has 0 spiro atoms. The monoisotopic (exact) mass is 640 g/mol. The molecule has 1 fully saturated rings. The van der Waals surface area contributed by atoms with Crippen LogP contribution in [0.3, 0.4) is 0 Å². The molecule has 47 heavy (non-hydrogen) atoms. The summed E-state index contributed by atoms with van der Waals surface area (Å²) in [6, 6.07) is 8.71. The second-order valence-corrected chi connectivity index (χ2v) is 12.9. The number of ether oxygens (including phenoxy) is 1. The molecule has 246 valence electrons. The van der Waals surface area contributed by atoms with E-state index in [2.05, 4.69) is 38.8 Å². The van der Waals surface area contributed by atoms with Gasteiger partial charge in [0.15, 0.2) is 6.29 Å². The molecule has 4 aromatic rings. The SMILES string of the molecule is CN(CCn1c(C=O)cc2c1CC(C)(C)C2)c1nccc(-c2cc(Nc3ccc(C(=O)N4CCOCC4)cn3)c(=O)n(C)n2)c1CO. The Morgan fingerprint density at radius 1 is 1.15 bits per heavy atom. The number of hydrogen-bond acceptors (Lipinski definition) is 10. The van der Waals surface area contributed by atoms with E-state index in [1.54, 1.807) is 42.4 Å². The van der Waals surface area contributed by atoms with Crippen molar-refractivity contribution in [2.45, 2.75) is 39.8 Å². The van der Waals surface area contributed by atoms with Crippen LogP contribution in [0.2, 0.25) is 0 Å². The molecule has 4 aromatic heterocycles. The highest BCUT2D eigenvalue weighted by Crippen LogP contribution is 2.38. The van der Waals surface area contributed by atoms with Crippen LogP contribution in [0.1, 0.15) is 51.5 Å². The molecule has 1 aliphatic heterocycles. The van der Waals surface area contributed by atoms with Gasteiger partial charge in [-0.15, -0.1) is 0 Å². The summed E-state index contributed by atoms with van der Waals surface area (Å²) < 4.78 is 8.66. The van der Waals surface area contributed by atoms with Gasteiger partial charge >= 0.3 is 0 Å². The van der Waals surface area contributed by atoms with E-state index in [1.807, 2.05) is 18.0 Å². The molecule has 13 nitrogen and oxygen atoms in total. The molecule has 6 rings (SSSR count). The topological polar surface area (TPSA) is 148 Å². The van der Waals surface area contributed by atoms with Gasteiger partial charge in [-0.1, -0.05) is 13.8 Å². The number of nitrogens with zero attached hydrogens (tertiary/aromatic N) is 7. The second kappa shape index (κ2) is 13.1.